The molecule has 0 fully saturated rings. The van der Waals surface area contributed by atoms with E-state index in [0.29, 0.717) is 6.54 Å². The fourth-order valence-electron chi connectivity index (χ4n) is 3.15. The SMILES string of the molecule is CC(C)(C)C(=O)Nc1ccc(CNc2c(Cl)ccc3c2CCNCC3)cc1. The molecule has 0 aliphatic carbocycles. The number of fused-ring (bicyclic) bond motifs is 1. The first-order chi connectivity index (χ1) is 12.8. The molecule has 4 nitrogen and oxygen atoms in total. The van der Waals surface area contributed by atoms with Crippen LogP contribution in [0.2, 0.25) is 5.02 Å². The predicted molar refractivity (Wildman–Crippen MR) is 114 cm³/mol. The third-order valence-corrected chi connectivity index (χ3v) is 5.16. The highest BCUT2D eigenvalue weighted by molar-refractivity contribution is 6.33. The van der Waals surface area contributed by atoms with Crippen LogP contribution in [-0.4, -0.2) is 19.0 Å². The lowest BCUT2D eigenvalue weighted by Gasteiger charge is -2.18. The van der Waals surface area contributed by atoms with Crippen molar-refractivity contribution in [2.75, 3.05) is 23.7 Å². The molecule has 3 rings (SSSR count). The fourth-order valence-corrected chi connectivity index (χ4v) is 3.39. The van der Waals surface area contributed by atoms with Gasteiger partial charge in [0.2, 0.25) is 5.91 Å². The summed E-state index contributed by atoms with van der Waals surface area (Å²) >= 11 is 6.48. The molecule has 0 atom stereocenters. The number of halogens is 1. The van der Waals surface area contributed by atoms with Gasteiger partial charge in [-0.1, -0.05) is 50.6 Å². The van der Waals surface area contributed by atoms with Gasteiger partial charge in [-0.2, -0.15) is 0 Å². The van der Waals surface area contributed by atoms with Gasteiger partial charge in [0.15, 0.2) is 0 Å². The van der Waals surface area contributed by atoms with E-state index in [9.17, 15) is 4.79 Å². The van der Waals surface area contributed by atoms with E-state index in [1.54, 1.807) is 0 Å². The first-order valence-electron chi connectivity index (χ1n) is 9.50. The van der Waals surface area contributed by atoms with Crippen molar-refractivity contribution in [3.8, 4) is 0 Å². The Labute approximate surface area is 166 Å². The van der Waals surface area contributed by atoms with E-state index in [4.69, 9.17) is 11.6 Å². The third kappa shape index (κ3) is 5.02. The minimum absolute atomic E-state index is 0.0146. The van der Waals surface area contributed by atoms with Crippen LogP contribution in [-0.2, 0) is 24.2 Å². The third-order valence-electron chi connectivity index (χ3n) is 4.84. The Balaban J connectivity index is 1.68. The van der Waals surface area contributed by atoms with Gasteiger partial charge in [-0.25, -0.2) is 0 Å². The van der Waals surface area contributed by atoms with Crippen LogP contribution in [0.3, 0.4) is 0 Å². The average molecular weight is 386 g/mol. The maximum Gasteiger partial charge on any atom is 0.229 e. The molecule has 0 bridgehead atoms. The van der Waals surface area contributed by atoms with Gasteiger partial charge in [-0.15, -0.1) is 0 Å². The zero-order valence-electron chi connectivity index (χ0n) is 16.3. The highest BCUT2D eigenvalue weighted by atomic mass is 35.5. The van der Waals surface area contributed by atoms with Gasteiger partial charge in [0.1, 0.15) is 0 Å². The lowest BCUT2D eigenvalue weighted by atomic mass is 9.95. The second-order valence-electron chi connectivity index (χ2n) is 8.06. The summed E-state index contributed by atoms with van der Waals surface area (Å²) in [6.45, 7) is 8.39. The van der Waals surface area contributed by atoms with Gasteiger partial charge in [0.25, 0.3) is 0 Å². The molecule has 27 heavy (non-hydrogen) atoms. The zero-order chi connectivity index (χ0) is 19.4. The molecule has 2 aromatic rings. The molecule has 0 saturated carbocycles. The van der Waals surface area contributed by atoms with Crippen molar-refractivity contribution in [3.63, 3.8) is 0 Å². The number of hydrogen-bond donors (Lipinski definition) is 3. The van der Waals surface area contributed by atoms with E-state index in [1.807, 2.05) is 51.1 Å². The number of amides is 1. The molecule has 1 heterocycles. The first-order valence-corrected chi connectivity index (χ1v) is 9.87. The molecular weight excluding hydrogens is 358 g/mol. The monoisotopic (exact) mass is 385 g/mol. The van der Waals surface area contributed by atoms with Crippen molar-refractivity contribution in [2.24, 2.45) is 5.41 Å². The normalized spacial score (nSPS) is 14.2. The quantitative estimate of drug-likeness (QED) is 0.719. The van der Waals surface area contributed by atoms with Crippen molar-refractivity contribution in [1.29, 1.82) is 0 Å². The topological polar surface area (TPSA) is 53.2 Å². The van der Waals surface area contributed by atoms with Crippen LogP contribution >= 0.6 is 11.6 Å². The van der Waals surface area contributed by atoms with Crippen LogP contribution in [0.25, 0.3) is 0 Å². The van der Waals surface area contributed by atoms with E-state index in [-0.39, 0.29) is 5.91 Å². The highest BCUT2D eigenvalue weighted by Crippen LogP contribution is 2.31. The van der Waals surface area contributed by atoms with E-state index in [0.717, 1.165) is 47.9 Å². The molecule has 0 spiro atoms. The molecule has 1 amide bonds. The van der Waals surface area contributed by atoms with Gasteiger partial charge in [0, 0.05) is 17.6 Å². The molecule has 0 radical (unpaired) electrons. The summed E-state index contributed by atoms with van der Waals surface area (Å²) in [5.41, 5.74) is 5.29. The molecule has 2 aromatic carbocycles. The second kappa shape index (κ2) is 8.32. The average Bonchev–Trinajstić information content (AvgIpc) is 2.87. The van der Waals surface area contributed by atoms with E-state index in [2.05, 4.69) is 22.0 Å². The summed E-state index contributed by atoms with van der Waals surface area (Å²) in [6.07, 6.45) is 2.01. The smallest absolute Gasteiger partial charge is 0.229 e. The molecule has 3 N–H and O–H groups in total. The molecule has 0 saturated heterocycles. The lowest BCUT2D eigenvalue weighted by molar-refractivity contribution is -0.123. The van der Waals surface area contributed by atoms with E-state index in [1.165, 1.54) is 11.1 Å². The second-order valence-corrected chi connectivity index (χ2v) is 8.47. The van der Waals surface area contributed by atoms with Crippen molar-refractivity contribution in [3.05, 3.63) is 58.1 Å². The number of carbonyl (C=O) groups excluding carboxylic acids is 1. The van der Waals surface area contributed by atoms with Crippen LogP contribution in [0.15, 0.2) is 36.4 Å². The van der Waals surface area contributed by atoms with Gasteiger partial charge >= 0.3 is 0 Å². The lowest BCUT2D eigenvalue weighted by Crippen LogP contribution is -2.27. The number of nitrogens with one attached hydrogen (secondary N) is 3. The van der Waals surface area contributed by atoms with Gasteiger partial charge in [-0.3, -0.25) is 4.79 Å². The molecule has 0 unspecified atom stereocenters. The van der Waals surface area contributed by atoms with Crippen LogP contribution in [0, 0.1) is 5.41 Å². The Morgan fingerprint density at radius 3 is 2.48 bits per heavy atom. The van der Waals surface area contributed by atoms with Gasteiger partial charge in [-0.05, 0) is 60.8 Å². The largest absolute Gasteiger partial charge is 0.380 e. The van der Waals surface area contributed by atoms with E-state index < -0.39 is 5.41 Å². The minimum Gasteiger partial charge on any atom is -0.380 e. The highest BCUT2D eigenvalue weighted by Gasteiger charge is 2.21. The van der Waals surface area contributed by atoms with Crippen LogP contribution in [0.4, 0.5) is 11.4 Å². The summed E-state index contributed by atoms with van der Waals surface area (Å²) < 4.78 is 0. The Morgan fingerprint density at radius 2 is 1.78 bits per heavy atom. The first kappa shape index (κ1) is 19.7. The van der Waals surface area contributed by atoms with Crippen molar-refractivity contribution < 1.29 is 4.79 Å². The van der Waals surface area contributed by atoms with Crippen LogP contribution in [0.1, 0.15) is 37.5 Å². The number of rotatable bonds is 4. The Hall–Kier alpha value is -2.04. The summed E-state index contributed by atoms with van der Waals surface area (Å²) in [4.78, 5) is 12.1. The summed E-state index contributed by atoms with van der Waals surface area (Å²) in [5.74, 6) is 0.0146. The molecule has 5 heteroatoms. The summed E-state index contributed by atoms with van der Waals surface area (Å²) in [5, 5.41) is 10.7. The van der Waals surface area contributed by atoms with Crippen molar-refractivity contribution in [2.45, 2.75) is 40.2 Å². The predicted octanol–water partition coefficient (Wildman–Crippen LogP) is 4.62. The molecule has 144 valence electrons. The van der Waals surface area contributed by atoms with Crippen LogP contribution in [0.5, 0.6) is 0 Å². The summed E-state index contributed by atoms with van der Waals surface area (Å²) in [7, 11) is 0. The van der Waals surface area contributed by atoms with Gasteiger partial charge < -0.3 is 16.0 Å². The van der Waals surface area contributed by atoms with E-state index >= 15 is 0 Å². The fraction of sp³-hybridized carbons (Fsp3) is 0.409. The Bertz CT molecular complexity index is 810. The Kier molecular flexibility index (Phi) is 6.08. The zero-order valence-corrected chi connectivity index (χ0v) is 17.0. The van der Waals surface area contributed by atoms with Crippen LogP contribution < -0.4 is 16.0 Å². The molecule has 0 aromatic heterocycles. The standard InChI is InChI=1S/C22H28ClN3O/c1-22(2,3)21(27)26-17-7-4-15(5-8-17)14-25-20-18-11-13-24-12-10-16(18)6-9-19(20)23/h4-9,24-25H,10-14H2,1-3H3,(H,26,27). The summed E-state index contributed by atoms with van der Waals surface area (Å²) in [6, 6.07) is 12.1. The number of hydrogen-bond acceptors (Lipinski definition) is 3. The van der Waals surface area contributed by atoms with Crippen molar-refractivity contribution in [1.82, 2.24) is 5.32 Å². The molecule has 1 aliphatic rings. The maximum absolute atomic E-state index is 12.1. The number of anilines is 2. The van der Waals surface area contributed by atoms with Gasteiger partial charge in [0.05, 0.1) is 10.7 Å². The maximum atomic E-state index is 12.1. The number of benzene rings is 2. The molecule has 1 aliphatic heterocycles. The molecular formula is C22H28ClN3O. The number of carbonyl (C=O) groups is 1. The Morgan fingerprint density at radius 1 is 1.07 bits per heavy atom. The minimum atomic E-state index is -0.406. The van der Waals surface area contributed by atoms with Crippen molar-refractivity contribution >= 4 is 28.9 Å².